The number of rotatable bonds is 8. The first-order valence-corrected chi connectivity index (χ1v) is 6.50. The van der Waals surface area contributed by atoms with Crippen LogP contribution >= 0.6 is 0 Å². The van der Waals surface area contributed by atoms with Crippen molar-refractivity contribution in [3.8, 4) is 0 Å². The van der Waals surface area contributed by atoms with Crippen LogP contribution in [0, 0.1) is 0 Å². The minimum absolute atomic E-state index is 0.179. The summed E-state index contributed by atoms with van der Waals surface area (Å²) in [6.07, 6.45) is -4.06. The third-order valence-electron chi connectivity index (χ3n) is 3.06. The summed E-state index contributed by atoms with van der Waals surface area (Å²) in [6.45, 7) is 1.13. The number of aliphatic hydroxyl groups excluding tert-OH is 4. The number of aliphatic hydroxyl groups is 4. The molecule has 0 aliphatic rings. The predicted octanol–water partition coefficient (Wildman–Crippen LogP) is -0.695. The van der Waals surface area contributed by atoms with Crippen LogP contribution in [0.2, 0.25) is 0 Å². The highest BCUT2D eigenvalue weighted by atomic mass is 16.4. The molecule has 0 heterocycles. The zero-order valence-electron chi connectivity index (χ0n) is 11.4. The molecule has 1 rings (SSSR count). The Kier molecular flexibility index (Phi) is 6.60. The van der Waals surface area contributed by atoms with Gasteiger partial charge in [-0.3, -0.25) is 4.79 Å². The SMILES string of the molecule is CCc1ccc(NCC(=O)C(O)C(O)C(O)CO)cc1. The Balaban J connectivity index is 2.49. The second-order valence-electron chi connectivity index (χ2n) is 4.56. The van der Waals surface area contributed by atoms with Gasteiger partial charge in [0.25, 0.3) is 0 Å². The Hall–Kier alpha value is -1.47. The Morgan fingerprint density at radius 2 is 1.80 bits per heavy atom. The van der Waals surface area contributed by atoms with Crippen molar-refractivity contribution in [1.82, 2.24) is 0 Å². The van der Waals surface area contributed by atoms with Crippen molar-refractivity contribution in [3.05, 3.63) is 29.8 Å². The molecule has 112 valence electrons. The van der Waals surface area contributed by atoms with E-state index >= 15 is 0 Å². The summed E-state index contributed by atoms with van der Waals surface area (Å²) in [4.78, 5) is 11.6. The number of ketones is 1. The van der Waals surface area contributed by atoms with Crippen LogP contribution < -0.4 is 5.32 Å². The molecule has 20 heavy (non-hydrogen) atoms. The van der Waals surface area contributed by atoms with Gasteiger partial charge in [-0.05, 0) is 24.1 Å². The fraction of sp³-hybridized carbons (Fsp3) is 0.500. The number of benzene rings is 1. The first-order chi connectivity index (χ1) is 9.49. The molecular formula is C14H21NO5. The number of carbonyl (C=O) groups is 1. The van der Waals surface area contributed by atoms with Gasteiger partial charge in [-0.2, -0.15) is 0 Å². The minimum Gasteiger partial charge on any atom is -0.394 e. The van der Waals surface area contributed by atoms with Crippen molar-refractivity contribution in [2.24, 2.45) is 0 Å². The molecule has 0 amide bonds. The maximum Gasteiger partial charge on any atom is 0.182 e. The van der Waals surface area contributed by atoms with Crippen molar-refractivity contribution < 1.29 is 25.2 Å². The third kappa shape index (κ3) is 4.57. The van der Waals surface area contributed by atoms with Crippen LogP contribution in [-0.4, -0.2) is 57.7 Å². The average molecular weight is 283 g/mol. The molecule has 0 spiro atoms. The Labute approximate surface area is 117 Å². The van der Waals surface area contributed by atoms with Crippen LogP contribution in [0.1, 0.15) is 12.5 Å². The average Bonchev–Trinajstić information content (AvgIpc) is 2.50. The van der Waals surface area contributed by atoms with E-state index in [0.717, 1.165) is 12.1 Å². The molecular weight excluding hydrogens is 262 g/mol. The van der Waals surface area contributed by atoms with E-state index in [4.69, 9.17) is 10.2 Å². The molecule has 0 aromatic heterocycles. The highest BCUT2D eigenvalue weighted by molar-refractivity contribution is 5.87. The number of hydrogen-bond acceptors (Lipinski definition) is 6. The van der Waals surface area contributed by atoms with Gasteiger partial charge in [0.2, 0.25) is 0 Å². The summed E-state index contributed by atoms with van der Waals surface area (Å²) in [6, 6.07) is 7.48. The smallest absolute Gasteiger partial charge is 0.182 e. The van der Waals surface area contributed by atoms with Gasteiger partial charge in [0, 0.05) is 5.69 Å². The van der Waals surface area contributed by atoms with Crippen LogP contribution in [-0.2, 0) is 11.2 Å². The lowest BCUT2D eigenvalue weighted by atomic mass is 10.0. The molecule has 1 aromatic rings. The molecule has 0 bridgehead atoms. The van der Waals surface area contributed by atoms with Crippen LogP contribution in [0.4, 0.5) is 5.69 Å². The lowest BCUT2D eigenvalue weighted by molar-refractivity contribution is -0.138. The Bertz CT molecular complexity index is 420. The number of aryl methyl sites for hydroxylation is 1. The normalized spacial score (nSPS) is 15.4. The number of hydrogen-bond donors (Lipinski definition) is 5. The second kappa shape index (κ2) is 7.96. The van der Waals surface area contributed by atoms with E-state index in [9.17, 15) is 15.0 Å². The molecule has 0 fully saturated rings. The van der Waals surface area contributed by atoms with Gasteiger partial charge in [0.05, 0.1) is 13.2 Å². The van der Waals surface area contributed by atoms with Crippen molar-refractivity contribution in [2.45, 2.75) is 31.7 Å². The second-order valence-corrected chi connectivity index (χ2v) is 4.56. The van der Waals surface area contributed by atoms with Gasteiger partial charge < -0.3 is 25.7 Å². The number of Topliss-reactive ketones (excluding diaryl/α,β-unsaturated/α-hetero) is 1. The summed E-state index contributed by atoms with van der Waals surface area (Å²) in [5.41, 5.74) is 1.89. The van der Waals surface area contributed by atoms with Gasteiger partial charge >= 0.3 is 0 Å². The molecule has 0 aliphatic carbocycles. The first-order valence-electron chi connectivity index (χ1n) is 6.50. The Morgan fingerprint density at radius 1 is 1.20 bits per heavy atom. The van der Waals surface area contributed by atoms with Crippen molar-refractivity contribution in [1.29, 1.82) is 0 Å². The fourth-order valence-electron chi connectivity index (χ4n) is 1.66. The van der Waals surface area contributed by atoms with Crippen molar-refractivity contribution >= 4 is 11.5 Å². The molecule has 0 aliphatic heterocycles. The molecule has 0 radical (unpaired) electrons. The Morgan fingerprint density at radius 3 is 2.30 bits per heavy atom. The molecule has 5 N–H and O–H groups in total. The lowest BCUT2D eigenvalue weighted by Crippen LogP contribution is -2.45. The molecule has 3 unspecified atom stereocenters. The van der Waals surface area contributed by atoms with E-state index in [-0.39, 0.29) is 6.54 Å². The van der Waals surface area contributed by atoms with E-state index in [1.165, 1.54) is 5.56 Å². The number of anilines is 1. The zero-order valence-corrected chi connectivity index (χ0v) is 11.4. The van der Waals surface area contributed by atoms with Crippen molar-refractivity contribution in [3.63, 3.8) is 0 Å². The summed E-state index contributed by atoms with van der Waals surface area (Å²) in [5.74, 6) is -0.662. The summed E-state index contributed by atoms with van der Waals surface area (Å²) in [7, 11) is 0. The highest BCUT2D eigenvalue weighted by Gasteiger charge is 2.29. The van der Waals surface area contributed by atoms with Gasteiger partial charge in [0.15, 0.2) is 5.78 Å². The van der Waals surface area contributed by atoms with E-state index in [1.54, 1.807) is 0 Å². The molecule has 6 heteroatoms. The van der Waals surface area contributed by atoms with Gasteiger partial charge in [-0.1, -0.05) is 19.1 Å². The van der Waals surface area contributed by atoms with Crippen molar-refractivity contribution in [2.75, 3.05) is 18.5 Å². The molecule has 0 saturated carbocycles. The summed E-state index contributed by atoms with van der Waals surface area (Å²) < 4.78 is 0. The molecule has 0 saturated heterocycles. The maximum atomic E-state index is 11.6. The summed E-state index contributed by atoms with van der Waals surface area (Å²) >= 11 is 0. The number of nitrogens with one attached hydrogen (secondary N) is 1. The van der Waals surface area contributed by atoms with Gasteiger partial charge in [-0.15, -0.1) is 0 Å². The van der Waals surface area contributed by atoms with E-state index in [0.29, 0.717) is 0 Å². The molecule has 1 aromatic carbocycles. The molecule has 3 atom stereocenters. The van der Waals surface area contributed by atoms with Gasteiger partial charge in [0.1, 0.15) is 18.3 Å². The quantitative estimate of drug-likeness (QED) is 0.432. The predicted molar refractivity (Wildman–Crippen MR) is 74.4 cm³/mol. The van der Waals surface area contributed by atoms with Crippen LogP contribution in [0.3, 0.4) is 0 Å². The first kappa shape index (κ1) is 16.6. The van der Waals surface area contributed by atoms with Gasteiger partial charge in [-0.25, -0.2) is 0 Å². The minimum atomic E-state index is -1.74. The summed E-state index contributed by atoms with van der Waals surface area (Å²) in [5, 5.41) is 39.6. The largest absolute Gasteiger partial charge is 0.394 e. The van der Waals surface area contributed by atoms with Crippen LogP contribution in [0.15, 0.2) is 24.3 Å². The lowest BCUT2D eigenvalue weighted by Gasteiger charge is -2.20. The molecule has 6 nitrogen and oxygen atoms in total. The van der Waals surface area contributed by atoms with E-state index in [1.807, 2.05) is 31.2 Å². The standard InChI is InChI=1S/C14H21NO5/c1-2-9-3-5-10(6-4-9)15-7-11(17)13(19)14(20)12(18)8-16/h3-6,12-16,18-20H,2,7-8H2,1H3. The topological polar surface area (TPSA) is 110 Å². The number of carbonyl (C=O) groups excluding carboxylic acids is 1. The van der Waals surface area contributed by atoms with E-state index < -0.39 is 30.7 Å². The monoisotopic (exact) mass is 283 g/mol. The highest BCUT2D eigenvalue weighted by Crippen LogP contribution is 2.10. The zero-order chi connectivity index (χ0) is 15.1. The van der Waals surface area contributed by atoms with Crippen LogP contribution in [0.5, 0.6) is 0 Å². The fourth-order valence-corrected chi connectivity index (χ4v) is 1.66. The van der Waals surface area contributed by atoms with E-state index in [2.05, 4.69) is 5.32 Å². The third-order valence-corrected chi connectivity index (χ3v) is 3.06. The maximum absolute atomic E-state index is 11.6. The van der Waals surface area contributed by atoms with Crippen LogP contribution in [0.25, 0.3) is 0 Å².